The van der Waals surface area contributed by atoms with Crippen LogP contribution in [-0.2, 0) is 16.1 Å². The van der Waals surface area contributed by atoms with Crippen molar-refractivity contribution < 1.29 is 13.9 Å². The lowest BCUT2D eigenvalue weighted by molar-refractivity contribution is -0.143. The van der Waals surface area contributed by atoms with Gasteiger partial charge in [0, 0.05) is 24.7 Å². The molecule has 0 saturated carbocycles. The topological polar surface area (TPSA) is 87.5 Å². The fourth-order valence-corrected chi connectivity index (χ4v) is 2.24. The number of ether oxygens (including phenoxy) is 1. The monoisotopic (exact) mass is 292 g/mol. The first-order valence-electron chi connectivity index (χ1n) is 7.16. The largest absolute Gasteiger partial charge is 0.466 e. The zero-order valence-corrected chi connectivity index (χ0v) is 12.1. The number of anilines is 1. The van der Waals surface area contributed by atoms with Crippen molar-refractivity contribution >= 4 is 22.8 Å². The number of rotatable bonds is 7. The molecule has 1 aromatic carbocycles. The second-order valence-electron chi connectivity index (χ2n) is 4.86. The van der Waals surface area contributed by atoms with Crippen molar-refractivity contribution in [2.24, 2.45) is 0 Å². The van der Waals surface area contributed by atoms with E-state index in [0.717, 1.165) is 24.8 Å². The van der Waals surface area contributed by atoms with Crippen molar-refractivity contribution in [3.8, 4) is 0 Å². The number of nitrogens with two attached hydrogens (primary N) is 1. The summed E-state index contributed by atoms with van der Waals surface area (Å²) >= 11 is 0. The van der Waals surface area contributed by atoms with E-state index in [1.54, 1.807) is 29.7 Å². The molecule has 0 atom stereocenters. The number of hydrogen-bond acceptors (Lipinski definition) is 5. The van der Waals surface area contributed by atoms with Crippen molar-refractivity contribution in [3.05, 3.63) is 28.7 Å². The summed E-state index contributed by atoms with van der Waals surface area (Å²) in [4.78, 5) is 23.0. The van der Waals surface area contributed by atoms with Crippen LogP contribution in [0.2, 0.25) is 0 Å². The molecule has 114 valence electrons. The molecule has 0 aliphatic heterocycles. The van der Waals surface area contributed by atoms with Gasteiger partial charge in [0.15, 0.2) is 5.58 Å². The van der Waals surface area contributed by atoms with Gasteiger partial charge in [-0.2, -0.15) is 0 Å². The highest BCUT2D eigenvalue weighted by molar-refractivity contribution is 5.76. The summed E-state index contributed by atoms with van der Waals surface area (Å²) in [5.74, 6) is -0.542. The summed E-state index contributed by atoms with van der Waals surface area (Å²) in [6.45, 7) is 2.78. The molecule has 0 amide bonds. The maximum Gasteiger partial charge on any atom is 0.419 e. The van der Waals surface area contributed by atoms with Gasteiger partial charge < -0.3 is 14.9 Å². The first kappa shape index (κ1) is 15.2. The van der Waals surface area contributed by atoms with Gasteiger partial charge in [-0.25, -0.2) is 4.79 Å². The fraction of sp³-hybridized carbons (Fsp3) is 0.467. The summed E-state index contributed by atoms with van der Waals surface area (Å²) in [5, 5.41) is 0. The van der Waals surface area contributed by atoms with E-state index in [-0.39, 0.29) is 11.7 Å². The molecule has 6 nitrogen and oxygen atoms in total. The number of oxazole rings is 1. The van der Waals surface area contributed by atoms with Gasteiger partial charge in [0.25, 0.3) is 0 Å². The Morgan fingerprint density at radius 1 is 1.33 bits per heavy atom. The summed E-state index contributed by atoms with van der Waals surface area (Å²) < 4.78 is 11.6. The average molecular weight is 292 g/mol. The van der Waals surface area contributed by atoms with Gasteiger partial charge in [0.1, 0.15) is 0 Å². The number of fused-ring (bicyclic) bond motifs is 1. The number of aryl methyl sites for hydroxylation is 1. The molecule has 1 heterocycles. The second kappa shape index (κ2) is 6.97. The molecule has 2 N–H and O–H groups in total. The Morgan fingerprint density at radius 2 is 2.14 bits per heavy atom. The van der Waals surface area contributed by atoms with Gasteiger partial charge in [0.05, 0.1) is 12.1 Å². The maximum atomic E-state index is 11.8. The van der Waals surface area contributed by atoms with Crippen LogP contribution in [0.4, 0.5) is 5.69 Å². The lowest BCUT2D eigenvalue weighted by Crippen LogP contribution is -2.14. The van der Waals surface area contributed by atoms with E-state index in [1.165, 1.54) is 0 Å². The van der Waals surface area contributed by atoms with Gasteiger partial charge in [-0.1, -0.05) is 6.42 Å². The van der Waals surface area contributed by atoms with Crippen molar-refractivity contribution in [2.75, 3.05) is 12.3 Å². The Kier molecular flexibility index (Phi) is 5.03. The van der Waals surface area contributed by atoms with Crippen LogP contribution in [0.15, 0.2) is 27.4 Å². The van der Waals surface area contributed by atoms with Gasteiger partial charge in [-0.15, -0.1) is 0 Å². The molecule has 0 radical (unpaired) electrons. The number of benzene rings is 1. The SMILES string of the molecule is CCOC(=O)CCCCCn1c(=O)oc2cc(N)ccc21. The molecular formula is C15H20N2O4. The number of esters is 1. The molecule has 0 unspecified atom stereocenters. The zero-order valence-electron chi connectivity index (χ0n) is 12.1. The van der Waals surface area contributed by atoms with E-state index in [9.17, 15) is 9.59 Å². The third-order valence-electron chi connectivity index (χ3n) is 3.26. The number of carbonyl (C=O) groups excluding carboxylic acids is 1. The quantitative estimate of drug-likeness (QED) is 0.480. The Hall–Kier alpha value is -2.24. The van der Waals surface area contributed by atoms with Crippen LogP contribution >= 0.6 is 0 Å². The Balaban J connectivity index is 1.88. The lowest BCUT2D eigenvalue weighted by atomic mass is 10.2. The van der Waals surface area contributed by atoms with E-state index in [4.69, 9.17) is 14.9 Å². The Morgan fingerprint density at radius 3 is 2.90 bits per heavy atom. The molecule has 0 aliphatic carbocycles. The van der Waals surface area contributed by atoms with Gasteiger partial charge >= 0.3 is 11.7 Å². The third-order valence-corrected chi connectivity index (χ3v) is 3.26. The number of nitrogens with zero attached hydrogens (tertiary/aromatic N) is 1. The van der Waals surface area contributed by atoms with Crippen molar-refractivity contribution in [3.63, 3.8) is 0 Å². The average Bonchev–Trinajstić information content (AvgIpc) is 2.74. The van der Waals surface area contributed by atoms with Crippen LogP contribution in [-0.4, -0.2) is 17.1 Å². The standard InChI is InChI=1S/C15H20N2O4/c1-2-20-14(18)6-4-3-5-9-17-12-8-7-11(16)10-13(12)21-15(17)19/h7-8,10H,2-6,9,16H2,1H3. The fourth-order valence-electron chi connectivity index (χ4n) is 2.24. The number of hydrogen-bond donors (Lipinski definition) is 1. The number of carbonyl (C=O) groups is 1. The van der Waals surface area contributed by atoms with Crippen LogP contribution in [0, 0.1) is 0 Å². The molecular weight excluding hydrogens is 272 g/mol. The summed E-state index contributed by atoms with van der Waals surface area (Å²) in [6.07, 6.45) is 2.84. The third kappa shape index (κ3) is 3.87. The van der Waals surface area contributed by atoms with E-state index >= 15 is 0 Å². The highest BCUT2D eigenvalue weighted by Crippen LogP contribution is 2.17. The predicted molar refractivity (Wildman–Crippen MR) is 80.0 cm³/mol. The van der Waals surface area contributed by atoms with E-state index < -0.39 is 0 Å². The van der Waals surface area contributed by atoms with Gasteiger partial charge in [-0.05, 0) is 31.9 Å². The molecule has 1 aromatic heterocycles. The van der Waals surface area contributed by atoms with Crippen LogP contribution < -0.4 is 11.5 Å². The molecule has 2 aromatic rings. The number of unbranched alkanes of at least 4 members (excludes halogenated alkanes) is 2. The van der Waals surface area contributed by atoms with E-state index in [1.807, 2.05) is 0 Å². The molecule has 0 aliphatic rings. The maximum absolute atomic E-state index is 11.8. The minimum absolute atomic E-state index is 0.168. The van der Waals surface area contributed by atoms with Crippen LogP contribution in [0.1, 0.15) is 32.6 Å². The Labute approximate surface area is 122 Å². The van der Waals surface area contributed by atoms with Crippen molar-refractivity contribution in [2.45, 2.75) is 39.2 Å². The molecule has 21 heavy (non-hydrogen) atoms. The van der Waals surface area contributed by atoms with Crippen molar-refractivity contribution in [1.29, 1.82) is 0 Å². The summed E-state index contributed by atoms with van der Waals surface area (Å²) in [5.41, 5.74) is 7.48. The molecule has 2 rings (SSSR count). The first-order valence-corrected chi connectivity index (χ1v) is 7.16. The van der Waals surface area contributed by atoms with Gasteiger partial charge in [-0.3, -0.25) is 9.36 Å². The summed E-state index contributed by atoms with van der Waals surface area (Å²) in [6, 6.07) is 5.18. The lowest BCUT2D eigenvalue weighted by Gasteiger charge is -2.03. The second-order valence-corrected chi connectivity index (χ2v) is 4.86. The molecule has 0 spiro atoms. The van der Waals surface area contributed by atoms with Crippen LogP contribution in [0.25, 0.3) is 11.1 Å². The number of aromatic nitrogens is 1. The zero-order chi connectivity index (χ0) is 15.2. The first-order chi connectivity index (χ1) is 10.1. The summed E-state index contributed by atoms with van der Waals surface area (Å²) in [7, 11) is 0. The minimum Gasteiger partial charge on any atom is -0.466 e. The molecule has 6 heteroatoms. The van der Waals surface area contributed by atoms with Crippen molar-refractivity contribution in [1.82, 2.24) is 4.57 Å². The Bertz CT molecular complexity index is 672. The molecule has 0 saturated heterocycles. The highest BCUT2D eigenvalue weighted by Gasteiger charge is 2.09. The predicted octanol–water partition coefficient (Wildman–Crippen LogP) is 2.30. The number of nitrogen functional groups attached to an aromatic ring is 1. The minimum atomic E-state index is -0.374. The van der Waals surface area contributed by atoms with E-state index in [2.05, 4.69) is 0 Å². The smallest absolute Gasteiger partial charge is 0.419 e. The molecule has 0 fully saturated rings. The molecule has 0 bridgehead atoms. The normalized spacial score (nSPS) is 10.9. The van der Waals surface area contributed by atoms with Gasteiger partial charge in [0.2, 0.25) is 0 Å². The highest BCUT2D eigenvalue weighted by atomic mass is 16.5. The van der Waals surface area contributed by atoms with Crippen LogP contribution in [0.5, 0.6) is 0 Å². The van der Waals surface area contributed by atoms with Crippen LogP contribution in [0.3, 0.4) is 0 Å². The van der Waals surface area contributed by atoms with E-state index in [0.29, 0.717) is 30.8 Å².